The smallest absolute Gasteiger partial charge is 0.310 e. The molecule has 3 heterocycles. The molecule has 2 amide bonds. The van der Waals surface area contributed by atoms with E-state index in [-0.39, 0.29) is 48.2 Å². The molecule has 3 aliphatic rings. The lowest BCUT2D eigenvalue weighted by molar-refractivity contribution is -0.154. The topological polar surface area (TPSA) is 87.2 Å². The van der Waals surface area contributed by atoms with E-state index >= 15 is 0 Å². The molecule has 3 aliphatic heterocycles. The normalized spacial score (nSPS) is 32.1. The molecule has 8 heteroatoms. The van der Waals surface area contributed by atoms with Gasteiger partial charge >= 0.3 is 5.97 Å². The van der Waals surface area contributed by atoms with E-state index in [1.54, 1.807) is 29.7 Å². The standard InChI is InChI=1S/C25H40N2O5S/c1-7-10-16(6)26(13-8-2)23(30)21-25-12-11-18(33-25)19(24(31)32-9-3)20(25)22(29)27(21)17(14-28)15(4)5/h8,15-21,28H,2,7,9-14H2,1,3-6H3/t16?,17-,18+,19-,20-,21?,25?/m0/s1. The molecule has 1 spiro atoms. The molecule has 0 aromatic heterocycles. The van der Waals surface area contributed by atoms with Crippen molar-refractivity contribution in [3.63, 3.8) is 0 Å². The number of fused-ring (bicyclic) bond motifs is 1. The highest BCUT2D eigenvalue weighted by molar-refractivity contribution is 8.02. The van der Waals surface area contributed by atoms with E-state index in [0.29, 0.717) is 13.0 Å². The first kappa shape index (κ1) is 26.1. The summed E-state index contributed by atoms with van der Waals surface area (Å²) >= 11 is 1.64. The molecule has 0 aliphatic carbocycles. The van der Waals surface area contributed by atoms with E-state index in [4.69, 9.17) is 4.74 Å². The summed E-state index contributed by atoms with van der Waals surface area (Å²) in [6, 6.07) is -1.19. The van der Waals surface area contributed by atoms with Crippen molar-refractivity contribution < 1.29 is 24.2 Å². The molecule has 3 fully saturated rings. The number of carbonyl (C=O) groups excluding carboxylic acids is 3. The summed E-state index contributed by atoms with van der Waals surface area (Å²) in [7, 11) is 0. The number of amides is 2. The van der Waals surface area contributed by atoms with Gasteiger partial charge in [0.25, 0.3) is 0 Å². The van der Waals surface area contributed by atoms with Gasteiger partial charge in [0.15, 0.2) is 0 Å². The van der Waals surface area contributed by atoms with Gasteiger partial charge in [-0.15, -0.1) is 18.3 Å². The summed E-state index contributed by atoms with van der Waals surface area (Å²) in [5.74, 6) is -1.78. The fourth-order valence-electron chi connectivity index (χ4n) is 6.21. The highest BCUT2D eigenvalue weighted by Gasteiger charge is 2.75. The predicted molar refractivity (Wildman–Crippen MR) is 130 cm³/mol. The number of nitrogens with zero attached hydrogens (tertiary/aromatic N) is 2. The van der Waals surface area contributed by atoms with Gasteiger partial charge in [-0.3, -0.25) is 14.4 Å². The minimum absolute atomic E-state index is 0.00369. The Kier molecular flexibility index (Phi) is 8.20. The van der Waals surface area contributed by atoms with E-state index in [9.17, 15) is 19.5 Å². The van der Waals surface area contributed by atoms with Crippen molar-refractivity contribution >= 4 is 29.5 Å². The van der Waals surface area contributed by atoms with Gasteiger partial charge in [0, 0.05) is 17.8 Å². The lowest BCUT2D eigenvalue weighted by Gasteiger charge is -2.42. The second kappa shape index (κ2) is 10.4. The van der Waals surface area contributed by atoms with Crippen LogP contribution >= 0.6 is 11.8 Å². The molecule has 3 saturated heterocycles. The Morgan fingerprint density at radius 1 is 1.36 bits per heavy atom. The third-order valence-electron chi connectivity index (χ3n) is 7.69. The molecular weight excluding hydrogens is 440 g/mol. The Morgan fingerprint density at radius 2 is 2.06 bits per heavy atom. The first-order valence-corrected chi connectivity index (χ1v) is 13.3. The van der Waals surface area contributed by atoms with E-state index in [1.165, 1.54) is 0 Å². The van der Waals surface area contributed by atoms with Gasteiger partial charge < -0.3 is 19.6 Å². The van der Waals surface area contributed by atoms with Crippen molar-refractivity contribution in [3.8, 4) is 0 Å². The van der Waals surface area contributed by atoms with E-state index in [1.807, 2.05) is 25.7 Å². The van der Waals surface area contributed by atoms with E-state index in [0.717, 1.165) is 19.3 Å². The van der Waals surface area contributed by atoms with Crippen LogP contribution in [0.2, 0.25) is 0 Å². The van der Waals surface area contributed by atoms with E-state index in [2.05, 4.69) is 13.5 Å². The second-order valence-corrected chi connectivity index (χ2v) is 11.6. The molecular formula is C25H40N2O5S. The molecule has 186 valence electrons. The molecule has 0 aromatic carbocycles. The minimum Gasteiger partial charge on any atom is -0.466 e. The monoisotopic (exact) mass is 480 g/mol. The molecule has 2 bridgehead atoms. The third kappa shape index (κ3) is 4.22. The van der Waals surface area contributed by atoms with Crippen LogP contribution in [0.4, 0.5) is 0 Å². The van der Waals surface area contributed by atoms with Gasteiger partial charge in [0.05, 0.1) is 35.8 Å². The van der Waals surface area contributed by atoms with Crippen molar-refractivity contribution in [1.82, 2.24) is 9.80 Å². The van der Waals surface area contributed by atoms with Gasteiger partial charge in [-0.25, -0.2) is 0 Å². The van der Waals surface area contributed by atoms with Crippen LogP contribution < -0.4 is 0 Å². The van der Waals surface area contributed by atoms with Gasteiger partial charge in [0.1, 0.15) is 6.04 Å². The van der Waals surface area contributed by atoms with Crippen molar-refractivity contribution in [3.05, 3.63) is 12.7 Å². The fourth-order valence-corrected chi connectivity index (χ4v) is 8.40. The summed E-state index contributed by atoms with van der Waals surface area (Å²) in [6.45, 7) is 14.1. The van der Waals surface area contributed by atoms with Crippen LogP contribution in [0.1, 0.15) is 60.3 Å². The average Bonchev–Trinajstić information content (AvgIpc) is 3.40. The maximum atomic E-state index is 14.3. The Balaban J connectivity index is 2.10. The zero-order valence-electron chi connectivity index (χ0n) is 20.7. The second-order valence-electron chi connectivity index (χ2n) is 9.96. The summed E-state index contributed by atoms with van der Waals surface area (Å²) in [4.78, 5) is 44.7. The first-order valence-electron chi connectivity index (χ1n) is 12.4. The van der Waals surface area contributed by atoms with Crippen LogP contribution in [-0.4, -0.2) is 80.6 Å². The Labute approximate surface area is 202 Å². The largest absolute Gasteiger partial charge is 0.466 e. The van der Waals surface area contributed by atoms with Crippen LogP contribution in [0.25, 0.3) is 0 Å². The summed E-state index contributed by atoms with van der Waals surface area (Å²) < 4.78 is 4.71. The van der Waals surface area contributed by atoms with Gasteiger partial charge in [-0.05, 0) is 39.0 Å². The summed E-state index contributed by atoms with van der Waals surface area (Å²) in [6.07, 6.45) is 5.02. The molecule has 0 aromatic rings. The number of hydrogen-bond acceptors (Lipinski definition) is 6. The van der Waals surface area contributed by atoms with E-state index < -0.39 is 28.7 Å². The number of carbonyl (C=O) groups is 3. The average molecular weight is 481 g/mol. The molecule has 3 rings (SSSR count). The number of esters is 1. The first-order chi connectivity index (χ1) is 15.7. The van der Waals surface area contributed by atoms with Crippen LogP contribution in [-0.2, 0) is 19.1 Å². The maximum Gasteiger partial charge on any atom is 0.310 e. The lowest BCUT2D eigenvalue weighted by Crippen LogP contribution is -2.59. The number of hydrogen-bond donors (Lipinski definition) is 1. The summed E-state index contributed by atoms with van der Waals surface area (Å²) in [5, 5.41) is 10.3. The van der Waals surface area contributed by atoms with Crippen molar-refractivity contribution in [2.75, 3.05) is 19.8 Å². The molecule has 0 saturated carbocycles. The van der Waals surface area contributed by atoms with Crippen LogP contribution in [0.5, 0.6) is 0 Å². The van der Waals surface area contributed by atoms with Crippen LogP contribution in [0.3, 0.4) is 0 Å². The predicted octanol–water partition coefficient (Wildman–Crippen LogP) is 2.86. The highest BCUT2D eigenvalue weighted by atomic mass is 32.2. The minimum atomic E-state index is -0.705. The molecule has 33 heavy (non-hydrogen) atoms. The number of aliphatic hydroxyl groups excluding tert-OH is 1. The SMILES string of the molecule is C=CCN(C(=O)C1N([C@@H](CO)C(C)C)C(=O)[C@@H]2[C@@H](C(=O)OCC)[C@H]3CCC12S3)C(C)CCC. The van der Waals surface area contributed by atoms with Crippen molar-refractivity contribution in [2.45, 2.75) is 88.4 Å². The molecule has 7 nitrogen and oxygen atoms in total. The van der Waals surface area contributed by atoms with Gasteiger partial charge in [0.2, 0.25) is 11.8 Å². The quantitative estimate of drug-likeness (QED) is 0.361. The molecule has 7 atom stereocenters. The third-order valence-corrected chi connectivity index (χ3v) is 9.64. The van der Waals surface area contributed by atoms with Crippen molar-refractivity contribution in [1.29, 1.82) is 0 Å². The van der Waals surface area contributed by atoms with Crippen LogP contribution in [0, 0.1) is 17.8 Å². The zero-order chi connectivity index (χ0) is 24.5. The number of thioether (sulfide) groups is 1. The lowest BCUT2D eigenvalue weighted by atomic mass is 9.71. The Hall–Kier alpha value is -1.54. The van der Waals surface area contributed by atoms with Crippen molar-refractivity contribution in [2.24, 2.45) is 17.8 Å². The number of likely N-dealkylation sites (tertiary alicyclic amines) is 1. The van der Waals surface area contributed by atoms with Gasteiger partial charge in [-0.1, -0.05) is 33.3 Å². The fraction of sp³-hybridized carbons (Fsp3) is 0.800. The zero-order valence-corrected chi connectivity index (χ0v) is 21.5. The number of rotatable bonds is 11. The molecule has 3 unspecified atom stereocenters. The van der Waals surface area contributed by atoms with Gasteiger partial charge in [-0.2, -0.15) is 0 Å². The Morgan fingerprint density at radius 3 is 2.61 bits per heavy atom. The number of aliphatic hydroxyl groups is 1. The Bertz CT molecular complexity index is 774. The number of ether oxygens (including phenoxy) is 1. The highest BCUT2D eigenvalue weighted by Crippen LogP contribution is 2.67. The molecule has 1 N–H and O–H groups in total. The summed E-state index contributed by atoms with van der Waals surface area (Å²) in [5.41, 5.74) is 0. The maximum absolute atomic E-state index is 14.3. The van der Waals surface area contributed by atoms with Crippen LogP contribution in [0.15, 0.2) is 12.7 Å². The molecule has 0 radical (unpaired) electrons.